The molecule has 0 aromatic heterocycles. The van der Waals surface area contributed by atoms with Gasteiger partial charge in [-0.25, -0.2) is 4.79 Å². The van der Waals surface area contributed by atoms with Crippen LogP contribution in [0, 0.1) is 5.92 Å². The minimum absolute atomic E-state index is 0.0601. The van der Waals surface area contributed by atoms with Crippen molar-refractivity contribution < 1.29 is 14.3 Å². The number of alkyl carbamates (subject to hydrolysis) is 1. The fraction of sp³-hybridized carbons (Fsp3) is 0.619. The highest BCUT2D eigenvalue weighted by Crippen LogP contribution is 2.49. The lowest BCUT2D eigenvalue weighted by Crippen LogP contribution is -2.50. The van der Waals surface area contributed by atoms with Crippen molar-refractivity contribution in [1.82, 2.24) is 10.2 Å². The molecule has 3 atom stereocenters. The lowest BCUT2D eigenvalue weighted by Gasteiger charge is -2.36. The van der Waals surface area contributed by atoms with E-state index < -0.39 is 11.7 Å². The van der Waals surface area contributed by atoms with Gasteiger partial charge in [0.05, 0.1) is 0 Å². The van der Waals surface area contributed by atoms with Crippen molar-refractivity contribution in [2.24, 2.45) is 5.92 Å². The SMILES string of the molecule is CC(C)(C)OC(=O)NCC1CCCCN1C(=O)C1CC1c1ccc(Br)cc1. The van der Waals surface area contributed by atoms with E-state index in [1.165, 1.54) is 5.56 Å². The summed E-state index contributed by atoms with van der Waals surface area (Å²) in [5.74, 6) is 0.638. The maximum Gasteiger partial charge on any atom is 0.407 e. The lowest BCUT2D eigenvalue weighted by molar-refractivity contribution is -0.136. The van der Waals surface area contributed by atoms with Crippen molar-refractivity contribution in [3.8, 4) is 0 Å². The van der Waals surface area contributed by atoms with Gasteiger partial charge in [0.15, 0.2) is 0 Å². The molecule has 148 valence electrons. The second-order valence-corrected chi connectivity index (χ2v) is 9.48. The van der Waals surface area contributed by atoms with Gasteiger partial charge in [-0.1, -0.05) is 28.1 Å². The number of hydrogen-bond acceptors (Lipinski definition) is 3. The van der Waals surface area contributed by atoms with Crippen LogP contribution in [0.25, 0.3) is 0 Å². The summed E-state index contributed by atoms with van der Waals surface area (Å²) in [6.45, 7) is 6.77. The van der Waals surface area contributed by atoms with Gasteiger partial charge in [0.2, 0.25) is 5.91 Å². The number of likely N-dealkylation sites (tertiary alicyclic amines) is 1. The summed E-state index contributed by atoms with van der Waals surface area (Å²) in [5, 5.41) is 2.84. The number of nitrogens with zero attached hydrogens (tertiary/aromatic N) is 1. The van der Waals surface area contributed by atoms with E-state index in [4.69, 9.17) is 4.74 Å². The smallest absolute Gasteiger partial charge is 0.407 e. The quantitative estimate of drug-likeness (QED) is 0.757. The Labute approximate surface area is 170 Å². The van der Waals surface area contributed by atoms with E-state index in [2.05, 4.69) is 33.4 Å². The van der Waals surface area contributed by atoms with Crippen LogP contribution in [0.15, 0.2) is 28.7 Å². The van der Waals surface area contributed by atoms with Gasteiger partial charge in [0.25, 0.3) is 0 Å². The molecule has 1 saturated heterocycles. The molecular formula is C21H29BrN2O3. The summed E-state index contributed by atoms with van der Waals surface area (Å²) < 4.78 is 6.37. The van der Waals surface area contributed by atoms with Gasteiger partial charge in [0, 0.05) is 29.5 Å². The summed E-state index contributed by atoms with van der Waals surface area (Å²) in [6, 6.07) is 8.32. The largest absolute Gasteiger partial charge is 0.444 e. The molecule has 1 N–H and O–H groups in total. The van der Waals surface area contributed by atoms with Crippen LogP contribution in [0.5, 0.6) is 0 Å². The van der Waals surface area contributed by atoms with Gasteiger partial charge in [0.1, 0.15) is 5.60 Å². The van der Waals surface area contributed by atoms with Crippen LogP contribution in [-0.2, 0) is 9.53 Å². The first-order chi connectivity index (χ1) is 12.7. The van der Waals surface area contributed by atoms with Crippen LogP contribution in [0.4, 0.5) is 4.79 Å². The maximum absolute atomic E-state index is 13.1. The molecule has 1 heterocycles. The van der Waals surface area contributed by atoms with E-state index in [0.717, 1.165) is 36.7 Å². The molecule has 6 heteroatoms. The first-order valence-electron chi connectivity index (χ1n) is 9.77. The third-order valence-corrected chi connectivity index (χ3v) is 5.73. The van der Waals surface area contributed by atoms with Crippen molar-refractivity contribution in [2.45, 2.75) is 64.0 Å². The van der Waals surface area contributed by atoms with E-state index in [-0.39, 0.29) is 17.9 Å². The maximum atomic E-state index is 13.1. The topological polar surface area (TPSA) is 58.6 Å². The fourth-order valence-electron chi connectivity index (χ4n) is 3.78. The number of nitrogens with one attached hydrogen (secondary N) is 1. The molecular weight excluding hydrogens is 408 g/mol. The second-order valence-electron chi connectivity index (χ2n) is 8.56. The number of halogens is 1. The van der Waals surface area contributed by atoms with Gasteiger partial charge in [-0.15, -0.1) is 0 Å². The Morgan fingerprint density at radius 2 is 1.93 bits per heavy atom. The Kier molecular flexibility index (Phi) is 6.14. The minimum atomic E-state index is -0.516. The highest BCUT2D eigenvalue weighted by molar-refractivity contribution is 9.10. The fourth-order valence-corrected chi connectivity index (χ4v) is 4.04. The van der Waals surface area contributed by atoms with Crippen LogP contribution in [0.1, 0.15) is 57.9 Å². The highest BCUT2D eigenvalue weighted by Gasteiger charge is 2.47. The zero-order valence-corrected chi connectivity index (χ0v) is 17.9. The van der Waals surface area contributed by atoms with Crippen molar-refractivity contribution in [3.63, 3.8) is 0 Å². The normalized spacial score (nSPS) is 25.0. The third kappa shape index (κ3) is 5.47. The molecule has 3 unspecified atom stereocenters. The molecule has 1 aliphatic heterocycles. The molecule has 2 fully saturated rings. The van der Waals surface area contributed by atoms with E-state index >= 15 is 0 Å². The van der Waals surface area contributed by atoms with Crippen molar-refractivity contribution in [2.75, 3.05) is 13.1 Å². The number of hydrogen-bond donors (Lipinski definition) is 1. The highest BCUT2D eigenvalue weighted by atomic mass is 79.9. The Bertz CT molecular complexity index is 684. The minimum Gasteiger partial charge on any atom is -0.444 e. The van der Waals surface area contributed by atoms with Crippen LogP contribution in [-0.4, -0.2) is 41.6 Å². The number of rotatable bonds is 4. The Morgan fingerprint density at radius 1 is 1.22 bits per heavy atom. The molecule has 1 aromatic rings. The van der Waals surface area contributed by atoms with Gasteiger partial charge < -0.3 is 15.0 Å². The Balaban J connectivity index is 1.56. The van der Waals surface area contributed by atoms with Crippen LogP contribution >= 0.6 is 15.9 Å². The van der Waals surface area contributed by atoms with Crippen molar-refractivity contribution in [1.29, 1.82) is 0 Å². The zero-order chi connectivity index (χ0) is 19.6. The molecule has 2 aliphatic rings. The summed E-state index contributed by atoms with van der Waals surface area (Å²) in [5.41, 5.74) is 0.718. The van der Waals surface area contributed by atoms with Gasteiger partial charge in [-0.2, -0.15) is 0 Å². The number of carbonyl (C=O) groups excluding carboxylic acids is 2. The van der Waals surface area contributed by atoms with Crippen LogP contribution < -0.4 is 5.32 Å². The molecule has 1 aromatic carbocycles. The van der Waals surface area contributed by atoms with Crippen molar-refractivity contribution in [3.05, 3.63) is 34.3 Å². The standard InChI is InChI=1S/C21H29BrN2O3/c1-21(2,3)27-20(26)23-13-16-6-4-5-11-24(16)19(25)18-12-17(18)14-7-9-15(22)10-8-14/h7-10,16-18H,4-6,11-13H2,1-3H3,(H,23,26). The molecule has 3 rings (SSSR count). The monoisotopic (exact) mass is 436 g/mol. The number of piperidine rings is 1. The van der Waals surface area contributed by atoms with Gasteiger partial charge >= 0.3 is 6.09 Å². The Hall–Kier alpha value is -1.56. The molecule has 0 radical (unpaired) electrons. The Morgan fingerprint density at radius 3 is 2.59 bits per heavy atom. The summed E-state index contributed by atoms with van der Waals surface area (Å²) in [6.07, 6.45) is 3.55. The summed E-state index contributed by atoms with van der Waals surface area (Å²) >= 11 is 3.46. The number of carbonyl (C=O) groups is 2. The number of benzene rings is 1. The predicted octanol–water partition coefficient (Wildman–Crippen LogP) is 4.46. The zero-order valence-electron chi connectivity index (χ0n) is 16.3. The molecule has 27 heavy (non-hydrogen) atoms. The molecule has 0 spiro atoms. The van der Waals surface area contributed by atoms with Crippen LogP contribution in [0.3, 0.4) is 0 Å². The molecule has 2 amide bonds. The van der Waals surface area contributed by atoms with E-state index in [0.29, 0.717) is 12.5 Å². The molecule has 0 bridgehead atoms. The van der Waals surface area contributed by atoms with E-state index in [1.54, 1.807) is 0 Å². The van der Waals surface area contributed by atoms with E-state index in [9.17, 15) is 9.59 Å². The molecule has 5 nitrogen and oxygen atoms in total. The lowest BCUT2D eigenvalue weighted by atomic mass is 10.0. The average molecular weight is 437 g/mol. The van der Waals surface area contributed by atoms with E-state index in [1.807, 2.05) is 37.8 Å². The third-order valence-electron chi connectivity index (χ3n) is 5.20. The number of ether oxygens (including phenoxy) is 1. The first-order valence-corrected chi connectivity index (χ1v) is 10.6. The first kappa shape index (κ1) is 20.2. The number of amides is 2. The molecule has 1 saturated carbocycles. The van der Waals surface area contributed by atoms with Crippen LogP contribution in [0.2, 0.25) is 0 Å². The summed E-state index contributed by atoms with van der Waals surface area (Å²) in [7, 11) is 0. The predicted molar refractivity (Wildman–Crippen MR) is 109 cm³/mol. The van der Waals surface area contributed by atoms with Crippen molar-refractivity contribution >= 4 is 27.9 Å². The summed E-state index contributed by atoms with van der Waals surface area (Å²) in [4.78, 5) is 27.0. The van der Waals surface area contributed by atoms with Gasteiger partial charge in [-0.3, -0.25) is 4.79 Å². The van der Waals surface area contributed by atoms with Gasteiger partial charge in [-0.05, 0) is 70.1 Å². The molecule has 1 aliphatic carbocycles. The second kappa shape index (κ2) is 8.21. The average Bonchev–Trinajstić information content (AvgIpc) is 3.39.